The highest BCUT2D eigenvalue weighted by Crippen LogP contribution is 2.27. The third-order valence-corrected chi connectivity index (χ3v) is 3.83. The van der Waals surface area contributed by atoms with Gasteiger partial charge in [0.25, 0.3) is 0 Å². The quantitative estimate of drug-likeness (QED) is 0.826. The molecule has 3 atom stereocenters. The maximum atomic E-state index is 11.7. The molecule has 17 heavy (non-hydrogen) atoms. The molecule has 1 amide bonds. The Bertz CT molecular complexity index is 397. The van der Waals surface area contributed by atoms with Crippen LogP contribution in [0.3, 0.4) is 0 Å². The number of hydrogen-bond donors (Lipinski definition) is 1. The normalized spacial score (nSPS) is 28.2. The molecule has 5 nitrogen and oxygen atoms in total. The third-order valence-electron chi connectivity index (χ3n) is 2.77. The number of carbonyl (C=O) groups is 1. The number of likely N-dealkylation sites (tertiary alicyclic amines) is 1. The minimum absolute atomic E-state index is 0.0102. The Labute approximate surface area is 103 Å². The van der Waals surface area contributed by atoms with Gasteiger partial charge in [-0.15, -0.1) is 0 Å². The highest BCUT2D eigenvalue weighted by Gasteiger charge is 2.41. The summed E-state index contributed by atoms with van der Waals surface area (Å²) in [5.74, 6) is 0.505. The predicted molar refractivity (Wildman–Crippen MR) is 67.5 cm³/mol. The van der Waals surface area contributed by atoms with E-state index in [-0.39, 0.29) is 18.1 Å². The first-order valence-corrected chi connectivity index (χ1v) is 7.84. The fourth-order valence-electron chi connectivity index (χ4n) is 1.85. The van der Waals surface area contributed by atoms with Crippen LogP contribution < -0.4 is 0 Å². The molecule has 1 aliphatic heterocycles. The predicted octanol–water partition coefficient (Wildman–Crippen LogP) is 1.92. The molecule has 1 aliphatic rings. The number of amides is 1. The molecule has 0 saturated carbocycles. The summed E-state index contributed by atoms with van der Waals surface area (Å²) in [6, 6.07) is 0.0102. The van der Waals surface area contributed by atoms with Crippen LogP contribution in [0.4, 0.5) is 4.79 Å². The zero-order valence-corrected chi connectivity index (χ0v) is 12.0. The lowest BCUT2D eigenvalue weighted by molar-refractivity contribution is -0.0201. The molecule has 100 valence electrons. The van der Waals surface area contributed by atoms with Crippen molar-refractivity contribution in [3.05, 3.63) is 0 Å². The Morgan fingerprint density at radius 3 is 2.41 bits per heavy atom. The Kier molecular flexibility index (Phi) is 3.76. The van der Waals surface area contributed by atoms with Gasteiger partial charge in [0, 0.05) is 40.2 Å². The minimum Gasteiger partial charge on any atom is -0.444 e. The molecule has 1 rings (SSSR count). The van der Waals surface area contributed by atoms with Gasteiger partial charge < -0.3 is 9.64 Å². The molecule has 6 heteroatoms. The monoisotopic (exact) mass is 262 g/mol. The molecule has 0 aromatic heterocycles. The van der Waals surface area contributed by atoms with Crippen LogP contribution in [0.5, 0.6) is 0 Å². The minimum atomic E-state index is -2.48. The summed E-state index contributed by atoms with van der Waals surface area (Å²) in [7, 11) is -2.48. The first-order valence-electron chi connectivity index (χ1n) is 5.71. The van der Waals surface area contributed by atoms with E-state index in [1.54, 1.807) is 4.90 Å². The number of carbonyl (C=O) groups excluding carboxylic acids is 1. The van der Waals surface area contributed by atoms with E-state index in [2.05, 4.69) is 0 Å². The van der Waals surface area contributed by atoms with Gasteiger partial charge in [0.15, 0.2) is 0 Å². The number of ether oxygens (including phenoxy) is 1. The molecule has 0 aromatic carbocycles. The van der Waals surface area contributed by atoms with Crippen LogP contribution in [-0.2, 0) is 14.5 Å². The van der Waals surface area contributed by atoms with Gasteiger partial charge in [0.2, 0.25) is 0 Å². The molecular weight excluding hydrogens is 240 g/mol. The van der Waals surface area contributed by atoms with E-state index in [1.807, 2.05) is 27.7 Å². The summed E-state index contributed by atoms with van der Waals surface area (Å²) >= 11 is 0. The van der Waals surface area contributed by atoms with Crippen LogP contribution in [0.25, 0.3) is 0 Å². The van der Waals surface area contributed by atoms with Crippen LogP contribution in [0.1, 0.15) is 27.7 Å². The summed E-state index contributed by atoms with van der Waals surface area (Å²) in [5, 5.41) is 0. The van der Waals surface area contributed by atoms with Crippen molar-refractivity contribution in [1.29, 1.82) is 4.78 Å². The average molecular weight is 262 g/mol. The van der Waals surface area contributed by atoms with Gasteiger partial charge in [-0.2, -0.15) is 0 Å². The molecule has 0 bridgehead atoms. The molecule has 0 radical (unpaired) electrons. The van der Waals surface area contributed by atoms with Crippen molar-refractivity contribution in [3.63, 3.8) is 0 Å². The topological polar surface area (TPSA) is 70.5 Å². The van der Waals surface area contributed by atoms with Crippen molar-refractivity contribution in [2.75, 3.05) is 18.6 Å². The number of hydrogen-bond acceptors (Lipinski definition) is 4. The Morgan fingerprint density at radius 2 is 2.06 bits per heavy atom. The van der Waals surface area contributed by atoms with Crippen LogP contribution in [0, 0.1) is 10.7 Å². The summed E-state index contributed by atoms with van der Waals surface area (Å²) in [5.41, 5.74) is -0.490. The van der Waals surface area contributed by atoms with Gasteiger partial charge in [0.1, 0.15) is 5.60 Å². The maximum Gasteiger partial charge on any atom is 0.410 e. The van der Waals surface area contributed by atoms with E-state index in [4.69, 9.17) is 9.52 Å². The van der Waals surface area contributed by atoms with Crippen molar-refractivity contribution >= 4 is 15.8 Å². The zero-order valence-electron chi connectivity index (χ0n) is 11.1. The maximum absolute atomic E-state index is 11.7. The van der Waals surface area contributed by atoms with Crippen molar-refractivity contribution < 1.29 is 13.7 Å². The van der Waals surface area contributed by atoms with Crippen LogP contribution in [0.15, 0.2) is 0 Å². The molecule has 0 spiro atoms. The van der Waals surface area contributed by atoms with E-state index < -0.39 is 15.3 Å². The average Bonchev–Trinajstić information content (AvgIpc) is 2.06. The smallest absolute Gasteiger partial charge is 0.410 e. The summed E-state index contributed by atoms with van der Waals surface area (Å²) in [4.78, 5) is 13.4. The highest BCUT2D eigenvalue weighted by molar-refractivity contribution is 7.91. The Hall–Kier alpha value is -0.780. The molecule has 0 aliphatic carbocycles. The lowest BCUT2D eigenvalue weighted by Crippen LogP contribution is -2.59. The van der Waals surface area contributed by atoms with E-state index in [1.165, 1.54) is 6.26 Å². The molecule has 1 N–H and O–H groups in total. The molecule has 1 fully saturated rings. The molecular formula is C11H22N2O3S. The molecule has 1 saturated heterocycles. The fourth-order valence-corrected chi connectivity index (χ4v) is 3.05. The second kappa shape index (κ2) is 4.48. The molecule has 0 aromatic rings. The number of rotatable bonds is 2. The van der Waals surface area contributed by atoms with Crippen molar-refractivity contribution in [3.8, 4) is 0 Å². The lowest BCUT2D eigenvalue weighted by atomic mass is 9.92. The van der Waals surface area contributed by atoms with Crippen LogP contribution in [-0.4, -0.2) is 45.4 Å². The van der Waals surface area contributed by atoms with Gasteiger partial charge in [-0.1, -0.05) is 0 Å². The van der Waals surface area contributed by atoms with Crippen LogP contribution >= 0.6 is 0 Å². The molecule has 1 unspecified atom stereocenters. The van der Waals surface area contributed by atoms with E-state index in [9.17, 15) is 9.00 Å². The second-order valence-corrected chi connectivity index (χ2v) is 8.15. The van der Waals surface area contributed by atoms with Gasteiger partial charge in [-0.05, 0) is 27.7 Å². The number of nitrogens with zero attached hydrogens (tertiary/aromatic N) is 1. The third kappa shape index (κ3) is 4.18. The van der Waals surface area contributed by atoms with Gasteiger partial charge >= 0.3 is 6.09 Å². The van der Waals surface area contributed by atoms with Gasteiger partial charge in [-0.25, -0.2) is 4.79 Å². The first kappa shape index (κ1) is 14.3. The Morgan fingerprint density at radius 1 is 1.53 bits per heavy atom. The van der Waals surface area contributed by atoms with E-state index in [0.717, 1.165) is 0 Å². The van der Waals surface area contributed by atoms with Crippen molar-refractivity contribution in [2.24, 2.45) is 5.92 Å². The SMILES string of the molecule is C[C@H]1[C@H](CS(C)(=N)=O)CN1C(=O)OC(C)(C)C. The molecule has 1 heterocycles. The summed E-state index contributed by atoms with van der Waals surface area (Å²) < 4.78 is 24.0. The Balaban J connectivity index is 2.50. The van der Waals surface area contributed by atoms with E-state index >= 15 is 0 Å². The van der Waals surface area contributed by atoms with Crippen molar-refractivity contribution in [1.82, 2.24) is 4.90 Å². The fraction of sp³-hybridized carbons (Fsp3) is 0.909. The standard InChI is InChI=1S/C11H22N2O3S/c1-8-9(7-17(5,12)15)6-13(8)10(14)16-11(2,3)4/h8-9,12H,6-7H2,1-5H3/t8-,9-,17?/m0/s1. The summed E-state index contributed by atoms with van der Waals surface area (Å²) in [6.45, 7) is 7.93. The van der Waals surface area contributed by atoms with Gasteiger partial charge in [-0.3, -0.25) is 8.99 Å². The highest BCUT2D eigenvalue weighted by atomic mass is 32.2. The van der Waals surface area contributed by atoms with Gasteiger partial charge in [0.05, 0.1) is 0 Å². The first-order chi connectivity index (χ1) is 7.49. The number of nitrogens with one attached hydrogen (secondary N) is 1. The summed E-state index contributed by atoms with van der Waals surface area (Å²) in [6.07, 6.45) is 1.12. The van der Waals surface area contributed by atoms with Crippen LogP contribution in [0.2, 0.25) is 0 Å². The van der Waals surface area contributed by atoms with E-state index in [0.29, 0.717) is 12.3 Å². The lowest BCUT2D eigenvalue weighted by Gasteiger charge is -2.46. The zero-order chi connectivity index (χ0) is 13.4. The van der Waals surface area contributed by atoms with Crippen molar-refractivity contribution in [2.45, 2.75) is 39.3 Å². The largest absolute Gasteiger partial charge is 0.444 e. The second-order valence-electron chi connectivity index (χ2n) is 5.81.